The average Bonchev–Trinajstić information content (AvgIpc) is 2.50. The topological polar surface area (TPSA) is 54.4 Å². The second kappa shape index (κ2) is 6.34. The van der Waals surface area contributed by atoms with Crippen LogP contribution >= 0.6 is 46.4 Å². The number of aryl methyl sites for hydroxylation is 1. The normalized spacial score (nSPS) is 22.4. The number of allylic oxidation sites excluding steroid dienone is 2. The lowest BCUT2D eigenvalue weighted by Gasteiger charge is -2.29. The van der Waals surface area contributed by atoms with E-state index in [0.717, 1.165) is 5.56 Å². The fourth-order valence-corrected chi connectivity index (χ4v) is 3.01. The minimum atomic E-state index is -2.31. The first-order chi connectivity index (χ1) is 10.2. The molecule has 1 N–H and O–H groups in total. The van der Waals surface area contributed by atoms with Crippen LogP contribution in [0.1, 0.15) is 22.3 Å². The van der Waals surface area contributed by atoms with Crippen LogP contribution < -0.4 is 0 Å². The fourth-order valence-electron chi connectivity index (χ4n) is 1.99. The highest BCUT2D eigenvalue weighted by molar-refractivity contribution is 6.58. The second-order valence-electron chi connectivity index (χ2n) is 4.91. The Morgan fingerprint density at radius 3 is 2.14 bits per heavy atom. The summed E-state index contributed by atoms with van der Waals surface area (Å²) in [5.74, 6) is -1.42. The zero-order valence-electron chi connectivity index (χ0n) is 11.3. The van der Waals surface area contributed by atoms with Crippen LogP contribution in [0.3, 0.4) is 0 Å². The van der Waals surface area contributed by atoms with Crippen molar-refractivity contribution in [2.75, 3.05) is 0 Å². The van der Waals surface area contributed by atoms with E-state index in [0.29, 0.717) is 5.56 Å². The maximum Gasteiger partial charge on any atom is 0.213 e. The number of carbonyl (C=O) groups is 2. The largest absolute Gasteiger partial charge is 0.375 e. The van der Waals surface area contributed by atoms with Gasteiger partial charge in [0.25, 0.3) is 0 Å². The van der Waals surface area contributed by atoms with Crippen LogP contribution in [0.15, 0.2) is 44.4 Å². The van der Waals surface area contributed by atoms with Crippen molar-refractivity contribution in [3.8, 4) is 0 Å². The third-order valence-corrected chi connectivity index (χ3v) is 5.21. The molecule has 0 heterocycles. The number of carbonyl (C=O) groups excluding carboxylic acids is 2. The predicted molar refractivity (Wildman–Crippen MR) is 87.5 cm³/mol. The van der Waals surface area contributed by atoms with Crippen LogP contribution in [0.25, 0.3) is 0 Å². The van der Waals surface area contributed by atoms with Crippen LogP contribution in [0, 0.1) is 6.92 Å². The van der Waals surface area contributed by atoms with E-state index < -0.39 is 33.7 Å². The smallest absolute Gasteiger partial charge is 0.213 e. The average molecular weight is 380 g/mol. The van der Waals surface area contributed by atoms with Crippen molar-refractivity contribution in [1.29, 1.82) is 0 Å². The number of aliphatic hydroxyl groups is 1. The third kappa shape index (κ3) is 2.97. The van der Waals surface area contributed by atoms with Gasteiger partial charge in [0, 0.05) is 5.56 Å². The lowest BCUT2D eigenvalue weighted by molar-refractivity contribution is -0.128. The standard InChI is InChI=1S/C15H10Cl4O3/c1-7-2-4-8(5-3-7)9(20)6-15(22)13(19)11(17)10(16)12(18)14(15)21/h2-5,22H,6H2,1H3. The quantitative estimate of drug-likeness (QED) is 0.798. The molecular weight excluding hydrogens is 370 g/mol. The van der Waals surface area contributed by atoms with Crippen molar-refractivity contribution in [1.82, 2.24) is 0 Å². The van der Waals surface area contributed by atoms with Crippen LogP contribution in [0.5, 0.6) is 0 Å². The van der Waals surface area contributed by atoms with E-state index in [1.54, 1.807) is 24.3 Å². The van der Waals surface area contributed by atoms with Gasteiger partial charge >= 0.3 is 0 Å². The van der Waals surface area contributed by atoms with Gasteiger partial charge in [-0.1, -0.05) is 76.2 Å². The maximum absolute atomic E-state index is 12.3. The van der Waals surface area contributed by atoms with Gasteiger partial charge in [-0.05, 0) is 6.92 Å². The zero-order valence-corrected chi connectivity index (χ0v) is 14.3. The number of ketones is 2. The summed E-state index contributed by atoms with van der Waals surface area (Å²) in [6.07, 6.45) is -0.579. The highest BCUT2D eigenvalue weighted by Gasteiger charge is 2.48. The summed E-state index contributed by atoms with van der Waals surface area (Å²) in [6.45, 7) is 1.87. The van der Waals surface area contributed by atoms with Crippen molar-refractivity contribution < 1.29 is 14.7 Å². The van der Waals surface area contributed by atoms with Gasteiger partial charge in [-0.25, -0.2) is 0 Å². The molecule has 1 aromatic rings. The molecule has 0 spiro atoms. The van der Waals surface area contributed by atoms with E-state index in [9.17, 15) is 14.7 Å². The van der Waals surface area contributed by atoms with Crippen LogP contribution in [-0.2, 0) is 4.79 Å². The molecule has 0 amide bonds. The van der Waals surface area contributed by atoms with Gasteiger partial charge < -0.3 is 5.11 Å². The maximum atomic E-state index is 12.3. The van der Waals surface area contributed by atoms with Gasteiger partial charge in [-0.15, -0.1) is 0 Å². The van der Waals surface area contributed by atoms with E-state index in [1.807, 2.05) is 6.92 Å². The molecule has 0 saturated heterocycles. The molecule has 1 aromatic carbocycles. The Labute approximate surface area is 147 Å². The van der Waals surface area contributed by atoms with Crippen LogP contribution in [0.2, 0.25) is 0 Å². The minimum Gasteiger partial charge on any atom is -0.375 e. The van der Waals surface area contributed by atoms with Crippen molar-refractivity contribution >= 4 is 58.0 Å². The number of rotatable bonds is 3. The molecule has 0 bridgehead atoms. The summed E-state index contributed by atoms with van der Waals surface area (Å²) in [5.41, 5.74) is -0.997. The molecule has 0 fully saturated rings. The van der Waals surface area contributed by atoms with Gasteiger partial charge in [0.05, 0.1) is 21.5 Å². The molecule has 0 saturated carbocycles. The lowest BCUT2D eigenvalue weighted by Crippen LogP contribution is -2.44. The van der Waals surface area contributed by atoms with Crippen LogP contribution in [0.4, 0.5) is 0 Å². The molecule has 1 aliphatic carbocycles. The Morgan fingerprint density at radius 1 is 1.05 bits per heavy atom. The highest BCUT2D eigenvalue weighted by Crippen LogP contribution is 2.44. The molecule has 2 rings (SSSR count). The number of hydrogen-bond acceptors (Lipinski definition) is 3. The number of hydrogen-bond donors (Lipinski definition) is 1. The SMILES string of the molecule is Cc1ccc(C(=O)CC2(O)C(=O)C(Cl)=C(Cl)C(Cl)=C2Cl)cc1. The predicted octanol–water partition coefficient (Wildman–Crippen LogP) is 4.26. The van der Waals surface area contributed by atoms with Crippen molar-refractivity contribution in [3.63, 3.8) is 0 Å². The molecule has 0 aromatic heterocycles. The van der Waals surface area contributed by atoms with Gasteiger partial charge in [0.2, 0.25) is 5.78 Å². The molecule has 7 heteroatoms. The van der Waals surface area contributed by atoms with Crippen molar-refractivity contribution in [2.45, 2.75) is 18.9 Å². The molecule has 1 unspecified atom stereocenters. The summed E-state index contributed by atoms with van der Waals surface area (Å²) < 4.78 is 0. The first-order valence-corrected chi connectivity index (χ1v) is 7.68. The number of Topliss-reactive ketones (excluding diaryl/α,β-unsaturated/α-hetero) is 2. The van der Waals surface area contributed by atoms with E-state index in [2.05, 4.69) is 0 Å². The van der Waals surface area contributed by atoms with Crippen molar-refractivity contribution in [3.05, 3.63) is 55.5 Å². The second-order valence-corrected chi connectivity index (χ2v) is 6.42. The Bertz CT molecular complexity index is 719. The zero-order chi connectivity index (χ0) is 16.7. The summed E-state index contributed by atoms with van der Waals surface area (Å²) in [4.78, 5) is 24.5. The summed E-state index contributed by atoms with van der Waals surface area (Å²) in [7, 11) is 0. The first-order valence-electron chi connectivity index (χ1n) is 6.17. The monoisotopic (exact) mass is 378 g/mol. The molecule has 3 nitrogen and oxygen atoms in total. The molecule has 1 aliphatic rings. The first kappa shape index (κ1) is 17.5. The van der Waals surface area contributed by atoms with Crippen LogP contribution in [-0.4, -0.2) is 22.3 Å². The molecule has 0 radical (unpaired) electrons. The Morgan fingerprint density at radius 2 is 1.59 bits per heavy atom. The third-order valence-electron chi connectivity index (χ3n) is 3.31. The molecule has 1 atom stereocenters. The summed E-state index contributed by atoms with van der Waals surface area (Å²) in [6, 6.07) is 6.68. The number of halogens is 4. The molecule has 0 aliphatic heterocycles. The van der Waals surface area contributed by atoms with E-state index in [-0.39, 0.29) is 10.1 Å². The van der Waals surface area contributed by atoms with Gasteiger partial charge in [0.1, 0.15) is 5.03 Å². The summed E-state index contributed by atoms with van der Waals surface area (Å²) in [5, 5.41) is 9.19. The van der Waals surface area contributed by atoms with E-state index >= 15 is 0 Å². The molecule has 22 heavy (non-hydrogen) atoms. The van der Waals surface area contributed by atoms with Gasteiger partial charge in [-0.2, -0.15) is 0 Å². The highest BCUT2D eigenvalue weighted by atomic mass is 35.5. The Hall–Kier alpha value is -0.840. The fraction of sp³-hybridized carbons (Fsp3) is 0.200. The Balaban J connectivity index is 2.37. The molecule has 116 valence electrons. The van der Waals surface area contributed by atoms with E-state index in [4.69, 9.17) is 46.4 Å². The summed E-state index contributed by atoms with van der Waals surface area (Å²) >= 11 is 23.3. The minimum absolute atomic E-state index is 0.243. The van der Waals surface area contributed by atoms with E-state index in [1.165, 1.54) is 0 Å². The van der Waals surface area contributed by atoms with Crippen molar-refractivity contribution in [2.24, 2.45) is 0 Å². The molecular formula is C15H10Cl4O3. The van der Waals surface area contributed by atoms with Gasteiger partial charge in [-0.3, -0.25) is 9.59 Å². The Kier molecular flexibility index (Phi) is 5.05. The lowest BCUT2D eigenvalue weighted by atomic mass is 9.86. The number of benzene rings is 1. The van der Waals surface area contributed by atoms with Gasteiger partial charge in [0.15, 0.2) is 11.4 Å².